The van der Waals surface area contributed by atoms with Gasteiger partial charge in [-0.2, -0.15) is 4.98 Å². The molecule has 0 bridgehead atoms. The van der Waals surface area contributed by atoms with Crippen molar-refractivity contribution in [3.63, 3.8) is 0 Å². The topological polar surface area (TPSA) is 151 Å². The third kappa shape index (κ3) is 7.90. The molecule has 2 aromatic heterocycles. The van der Waals surface area contributed by atoms with Crippen molar-refractivity contribution in [2.45, 2.75) is 87.4 Å². The highest BCUT2D eigenvalue weighted by atomic mass is 32.1. The Morgan fingerprint density at radius 1 is 0.710 bits per heavy atom. The number of carbonyl (C=O) groups is 4. The molecule has 12 nitrogen and oxygen atoms in total. The maximum atomic E-state index is 14.5. The number of thiazole rings is 1. The lowest BCUT2D eigenvalue weighted by Gasteiger charge is -2.29. The second kappa shape index (κ2) is 16.9. The Morgan fingerprint density at radius 3 is 1.81 bits per heavy atom. The van der Waals surface area contributed by atoms with E-state index in [0.717, 1.165) is 77.1 Å². The minimum absolute atomic E-state index is 0.0326. The lowest BCUT2D eigenvalue weighted by Crippen LogP contribution is -2.43. The van der Waals surface area contributed by atoms with Crippen LogP contribution in [-0.4, -0.2) is 61.6 Å². The second-order valence-corrected chi connectivity index (χ2v) is 18.2. The van der Waals surface area contributed by atoms with Gasteiger partial charge in [0.25, 0.3) is 0 Å². The van der Waals surface area contributed by atoms with E-state index in [1.165, 1.54) is 0 Å². The van der Waals surface area contributed by atoms with Crippen LogP contribution in [-0.2, 0) is 24.6 Å². The van der Waals surface area contributed by atoms with Gasteiger partial charge in [-0.25, -0.2) is 4.98 Å². The zero-order valence-electron chi connectivity index (χ0n) is 34.4. The summed E-state index contributed by atoms with van der Waals surface area (Å²) >= 11 is 1.55. The molecule has 2 aliphatic heterocycles. The van der Waals surface area contributed by atoms with E-state index in [1.807, 2.05) is 90.0 Å². The number of amides is 4. The third-order valence-electron chi connectivity index (χ3n) is 13.0. The Morgan fingerprint density at radius 2 is 1.26 bits per heavy atom. The van der Waals surface area contributed by atoms with Crippen LogP contribution in [0.25, 0.3) is 5.57 Å². The molecule has 13 heteroatoms. The van der Waals surface area contributed by atoms with Crippen LogP contribution in [0.3, 0.4) is 0 Å². The first-order chi connectivity index (χ1) is 30.4. The fourth-order valence-electron chi connectivity index (χ4n) is 9.13. The summed E-state index contributed by atoms with van der Waals surface area (Å²) in [6.07, 6.45) is 15.2. The molecule has 4 amide bonds. The van der Waals surface area contributed by atoms with E-state index in [9.17, 15) is 19.2 Å². The first-order valence-electron chi connectivity index (χ1n) is 21.9. The maximum Gasteiger partial charge on any atom is 0.250 e. The molecule has 2 N–H and O–H groups in total. The van der Waals surface area contributed by atoms with Crippen molar-refractivity contribution in [1.29, 1.82) is 0 Å². The molecule has 4 heterocycles. The predicted octanol–water partition coefficient (Wildman–Crippen LogP) is 7.72. The molecule has 4 fully saturated rings. The van der Waals surface area contributed by atoms with Crippen LogP contribution in [0, 0.1) is 11.8 Å². The van der Waals surface area contributed by atoms with Gasteiger partial charge < -0.3 is 25.0 Å². The van der Waals surface area contributed by atoms with Gasteiger partial charge in [-0.05, 0) is 80.1 Å². The number of hydrogen-bond acceptors (Lipinski definition) is 9. The average Bonchev–Trinajstić information content (AvgIpc) is 4.07. The number of rotatable bonds is 13. The van der Waals surface area contributed by atoms with Crippen LogP contribution < -0.4 is 10.6 Å². The van der Waals surface area contributed by atoms with Crippen LogP contribution in [0.4, 0.5) is 0 Å². The Labute approximate surface area is 364 Å². The van der Waals surface area contributed by atoms with Gasteiger partial charge in [-0.1, -0.05) is 114 Å². The van der Waals surface area contributed by atoms with E-state index in [0.29, 0.717) is 37.6 Å². The Hall–Kier alpha value is -6.21. The quantitative estimate of drug-likeness (QED) is 0.122. The summed E-state index contributed by atoms with van der Waals surface area (Å²) in [5, 5.41) is 11.6. The fraction of sp³-hybridized carbons (Fsp3) is 0.367. The largest absolute Gasteiger partial charge is 0.340 e. The molecule has 2 saturated heterocycles. The molecule has 5 aromatic rings. The van der Waals surface area contributed by atoms with Crippen LogP contribution in [0.5, 0.6) is 0 Å². The Kier molecular flexibility index (Phi) is 10.9. The lowest BCUT2D eigenvalue weighted by molar-refractivity contribution is -0.138. The van der Waals surface area contributed by atoms with Crippen molar-refractivity contribution in [3.05, 3.63) is 154 Å². The molecule has 3 aliphatic carbocycles. The van der Waals surface area contributed by atoms with Crippen molar-refractivity contribution >= 4 is 40.5 Å². The van der Waals surface area contributed by atoms with Crippen LogP contribution in [0.1, 0.15) is 120 Å². The summed E-state index contributed by atoms with van der Waals surface area (Å²) < 4.78 is 6.13. The molecule has 316 valence electrons. The average molecular weight is 848 g/mol. The number of nitrogens with zero attached hydrogens (tertiary/aromatic N) is 5. The molecule has 3 unspecified atom stereocenters. The molecule has 2 saturated carbocycles. The SMILES string of the molecule is O=C(NC(C(=O)N1CCC[C@H]1c1nc(C2(c3cnc([C@@H]4CCCN4C(=O)C(NC(=O)C4CC4)c4ccccc4)s3)C=CC(c3ccccc3)=CC2)no1)c1ccccc1)C1CC1. The maximum absolute atomic E-state index is 14.5. The molecule has 10 rings (SSSR count). The van der Waals surface area contributed by atoms with Crippen molar-refractivity contribution in [2.75, 3.05) is 13.1 Å². The van der Waals surface area contributed by atoms with Gasteiger partial charge in [0.2, 0.25) is 29.5 Å². The van der Waals surface area contributed by atoms with Crippen molar-refractivity contribution < 1.29 is 23.7 Å². The standard InChI is InChI=1S/C49H49N7O5S/c57-42(35-20-21-35)51-40(33-14-6-2-7-15-33)46(59)55-28-10-18-37(55)44-53-48(54-61-44)49(26-24-32(25-27-49)31-12-4-1-5-13-31)39-30-50-45(62-39)38-19-11-29-56(38)47(60)41(34-16-8-3-9-17-34)52-43(58)36-22-23-36/h1-9,12-17,24-26,30,35-38,40-41H,10-11,18-23,27-29H2,(H,51,57)(H,52,58)/t37-,38-,40?,41?,49?/m0/s1. The number of hydrogen-bond donors (Lipinski definition) is 2. The molecule has 5 atom stereocenters. The van der Waals surface area contributed by atoms with E-state index >= 15 is 0 Å². The number of aromatic nitrogens is 3. The summed E-state index contributed by atoms with van der Waals surface area (Å²) in [7, 11) is 0. The van der Waals surface area contributed by atoms with Crippen molar-refractivity contribution in [2.24, 2.45) is 11.8 Å². The van der Waals surface area contributed by atoms with Gasteiger partial charge in [0.05, 0.1) is 11.5 Å². The zero-order valence-corrected chi connectivity index (χ0v) is 35.2. The first kappa shape index (κ1) is 39.9. The number of likely N-dealkylation sites (tertiary alicyclic amines) is 2. The van der Waals surface area contributed by atoms with Crippen LogP contribution in [0.15, 0.2) is 120 Å². The van der Waals surface area contributed by atoms with Gasteiger partial charge in [0.1, 0.15) is 23.1 Å². The minimum Gasteiger partial charge on any atom is -0.340 e. The Balaban J connectivity index is 0.951. The van der Waals surface area contributed by atoms with Gasteiger partial charge in [-0.3, -0.25) is 19.2 Å². The minimum atomic E-state index is -0.841. The van der Waals surface area contributed by atoms with Crippen molar-refractivity contribution in [3.8, 4) is 0 Å². The lowest BCUT2D eigenvalue weighted by atomic mass is 9.77. The van der Waals surface area contributed by atoms with Gasteiger partial charge in [-0.15, -0.1) is 11.3 Å². The number of allylic oxidation sites excluding steroid dienone is 4. The molecule has 3 aromatic carbocycles. The smallest absolute Gasteiger partial charge is 0.250 e. The molecule has 62 heavy (non-hydrogen) atoms. The van der Waals surface area contributed by atoms with E-state index in [1.54, 1.807) is 16.2 Å². The van der Waals surface area contributed by atoms with Gasteiger partial charge in [0.15, 0.2) is 5.82 Å². The van der Waals surface area contributed by atoms with Gasteiger partial charge >= 0.3 is 0 Å². The normalized spacial score (nSPS) is 23.1. The summed E-state index contributed by atoms with van der Waals surface area (Å²) in [5.74, 6) is 0.246. The fourth-order valence-corrected chi connectivity index (χ4v) is 10.4. The van der Waals surface area contributed by atoms with Crippen molar-refractivity contribution in [1.82, 2.24) is 35.6 Å². The molecular formula is C49H49N7O5S. The summed E-state index contributed by atoms with van der Waals surface area (Å²) in [6, 6.07) is 26.8. The number of benzene rings is 3. The van der Waals surface area contributed by atoms with E-state index in [-0.39, 0.29) is 41.5 Å². The second-order valence-electron chi connectivity index (χ2n) is 17.2. The van der Waals surface area contributed by atoms with Gasteiger partial charge in [0, 0.05) is 36.0 Å². The highest BCUT2D eigenvalue weighted by Gasteiger charge is 2.45. The summed E-state index contributed by atoms with van der Waals surface area (Å²) in [5.41, 5.74) is 2.83. The number of carbonyl (C=O) groups excluding carboxylic acids is 4. The highest BCUT2D eigenvalue weighted by Crippen LogP contribution is 2.47. The highest BCUT2D eigenvalue weighted by molar-refractivity contribution is 7.11. The predicted molar refractivity (Wildman–Crippen MR) is 233 cm³/mol. The third-order valence-corrected chi connectivity index (χ3v) is 14.2. The first-order valence-corrected chi connectivity index (χ1v) is 22.7. The van der Waals surface area contributed by atoms with E-state index in [2.05, 4.69) is 46.2 Å². The summed E-state index contributed by atoms with van der Waals surface area (Å²) in [4.78, 5) is 69.7. The van der Waals surface area contributed by atoms with Crippen LogP contribution >= 0.6 is 11.3 Å². The number of nitrogens with one attached hydrogen (secondary N) is 2. The molecule has 5 aliphatic rings. The Bertz CT molecular complexity index is 2370. The molecule has 0 spiro atoms. The van der Waals surface area contributed by atoms with Crippen LogP contribution in [0.2, 0.25) is 0 Å². The molecular weight excluding hydrogens is 799 g/mol. The van der Waals surface area contributed by atoms with E-state index < -0.39 is 23.5 Å². The summed E-state index contributed by atoms with van der Waals surface area (Å²) in [6.45, 7) is 1.07. The van der Waals surface area contributed by atoms with E-state index in [4.69, 9.17) is 14.5 Å². The zero-order chi connectivity index (χ0) is 42.2. The monoisotopic (exact) mass is 847 g/mol. The molecule has 0 radical (unpaired) electrons.